The lowest BCUT2D eigenvalue weighted by atomic mass is 9.76. The Bertz CT molecular complexity index is 1590. The predicted molar refractivity (Wildman–Crippen MR) is 142 cm³/mol. The molecule has 1 saturated heterocycles. The van der Waals surface area contributed by atoms with Gasteiger partial charge < -0.3 is 14.8 Å². The van der Waals surface area contributed by atoms with Crippen LogP contribution in [0.4, 0.5) is 13.2 Å². The Hall–Kier alpha value is -4.07. The largest absolute Gasteiger partial charge is 0.416 e. The summed E-state index contributed by atoms with van der Waals surface area (Å²) in [5.41, 5.74) is 3.02. The molecule has 200 valence electrons. The van der Waals surface area contributed by atoms with Gasteiger partial charge in [-0.2, -0.15) is 13.2 Å². The number of carbonyl (C=O) groups excluding carboxylic acids is 2. The minimum atomic E-state index is -4.49. The van der Waals surface area contributed by atoms with Crippen molar-refractivity contribution in [3.05, 3.63) is 106 Å². The Labute approximate surface area is 224 Å². The quantitative estimate of drug-likeness (QED) is 0.352. The Balaban J connectivity index is 1.45. The number of aryl methyl sites for hydroxylation is 1. The summed E-state index contributed by atoms with van der Waals surface area (Å²) in [4.78, 5) is 34.3. The first-order valence-electron chi connectivity index (χ1n) is 13.1. The number of H-pyrrole nitrogens is 1. The summed E-state index contributed by atoms with van der Waals surface area (Å²) < 4.78 is 39.9. The molecule has 2 aliphatic rings. The molecule has 4 aromatic rings. The summed E-state index contributed by atoms with van der Waals surface area (Å²) in [5, 5.41) is 0.994. The molecular weight excluding hydrogens is 503 g/mol. The van der Waals surface area contributed by atoms with Gasteiger partial charge >= 0.3 is 6.18 Å². The van der Waals surface area contributed by atoms with E-state index in [1.54, 1.807) is 17.9 Å². The van der Waals surface area contributed by atoms with Crippen LogP contribution >= 0.6 is 0 Å². The molecule has 39 heavy (non-hydrogen) atoms. The van der Waals surface area contributed by atoms with Crippen molar-refractivity contribution in [1.29, 1.82) is 0 Å². The van der Waals surface area contributed by atoms with Gasteiger partial charge in [0.25, 0.3) is 5.91 Å². The number of aromatic amines is 1. The molecule has 6 rings (SSSR count). The van der Waals surface area contributed by atoms with Crippen molar-refractivity contribution in [3.63, 3.8) is 0 Å². The number of nitrogens with zero attached hydrogens (tertiary/aromatic N) is 2. The van der Waals surface area contributed by atoms with E-state index in [2.05, 4.69) is 36.2 Å². The molecule has 2 aliphatic heterocycles. The normalized spacial score (nSPS) is 21.3. The van der Waals surface area contributed by atoms with Crippen LogP contribution in [0.15, 0.2) is 72.8 Å². The van der Waals surface area contributed by atoms with Gasteiger partial charge in [-0.05, 0) is 53.8 Å². The highest BCUT2D eigenvalue weighted by atomic mass is 19.4. The van der Waals surface area contributed by atoms with Gasteiger partial charge in [-0.25, -0.2) is 0 Å². The Morgan fingerprint density at radius 3 is 2.44 bits per heavy atom. The lowest BCUT2D eigenvalue weighted by molar-refractivity contribution is -0.167. The Kier molecular flexibility index (Phi) is 5.82. The number of aromatic nitrogens is 1. The van der Waals surface area contributed by atoms with E-state index >= 15 is 0 Å². The average Bonchev–Trinajstić information content (AvgIpc) is 3.32. The molecule has 0 radical (unpaired) electrons. The minimum Gasteiger partial charge on any atom is -0.356 e. The number of rotatable bonds is 4. The number of hydrogen-bond donors (Lipinski definition) is 1. The second-order valence-electron chi connectivity index (χ2n) is 10.5. The van der Waals surface area contributed by atoms with Crippen LogP contribution in [-0.4, -0.2) is 39.7 Å². The van der Waals surface area contributed by atoms with Crippen LogP contribution in [0.2, 0.25) is 0 Å². The summed E-state index contributed by atoms with van der Waals surface area (Å²) in [6.07, 6.45) is -3.57. The number of alkyl halides is 3. The number of halogens is 3. The summed E-state index contributed by atoms with van der Waals surface area (Å²) >= 11 is 0. The van der Waals surface area contributed by atoms with Gasteiger partial charge in [-0.3, -0.25) is 9.59 Å². The molecule has 1 unspecified atom stereocenters. The van der Waals surface area contributed by atoms with Crippen LogP contribution in [0.5, 0.6) is 0 Å². The molecule has 0 saturated carbocycles. The van der Waals surface area contributed by atoms with Crippen LogP contribution in [0.25, 0.3) is 10.9 Å². The topological polar surface area (TPSA) is 56.4 Å². The number of piperazine rings is 1. The van der Waals surface area contributed by atoms with E-state index in [9.17, 15) is 22.8 Å². The molecule has 3 heterocycles. The second kappa shape index (κ2) is 9.00. The van der Waals surface area contributed by atoms with E-state index in [0.717, 1.165) is 40.6 Å². The number of nitrogens with one attached hydrogen (secondary N) is 1. The average molecular weight is 532 g/mol. The molecule has 2 atom stereocenters. The highest BCUT2D eigenvalue weighted by Gasteiger charge is 2.56. The standard InChI is InChI=1S/C31H28F3N3O2/c1-3-19-11-13-21(14-12-19)24-17-37-26(38)18-36(16-20-7-6-8-22(15-20)31(32,33)34)29(39)30(37,2)28-27(24)23-9-4-5-10-25(23)35-28/h4-15,24,35H,3,16-18H2,1-2H3/t24?,30-/m0/s1. The molecular formula is C31H28F3N3O2. The summed E-state index contributed by atoms with van der Waals surface area (Å²) in [5.74, 6) is -0.683. The van der Waals surface area contributed by atoms with Gasteiger partial charge in [0.1, 0.15) is 6.54 Å². The van der Waals surface area contributed by atoms with Crippen molar-refractivity contribution in [1.82, 2.24) is 14.8 Å². The number of para-hydroxylation sites is 1. The van der Waals surface area contributed by atoms with E-state index in [-0.39, 0.29) is 30.8 Å². The third-order valence-corrected chi connectivity index (χ3v) is 8.24. The first-order valence-corrected chi connectivity index (χ1v) is 13.1. The monoisotopic (exact) mass is 531 g/mol. The smallest absolute Gasteiger partial charge is 0.356 e. The minimum absolute atomic E-state index is 0.0879. The molecule has 8 heteroatoms. The number of fused-ring (bicyclic) bond motifs is 5. The van der Waals surface area contributed by atoms with Crippen LogP contribution in [-0.2, 0) is 34.3 Å². The van der Waals surface area contributed by atoms with Gasteiger partial charge in [0.15, 0.2) is 5.54 Å². The summed E-state index contributed by atoms with van der Waals surface area (Å²) in [6.45, 7) is 3.90. The van der Waals surface area contributed by atoms with Crippen molar-refractivity contribution in [2.24, 2.45) is 0 Å². The molecule has 1 aromatic heterocycles. The zero-order valence-corrected chi connectivity index (χ0v) is 21.7. The van der Waals surface area contributed by atoms with Gasteiger partial charge in [-0.15, -0.1) is 0 Å². The van der Waals surface area contributed by atoms with E-state index in [1.165, 1.54) is 16.5 Å². The number of amides is 2. The molecule has 0 bridgehead atoms. The van der Waals surface area contributed by atoms with Gasteiger partial charge in [-0.1, -0.05) is 61.5 Å². The third-order valence-electron chi connectivity index (χ3n) is 8.24. The lowest BCUT2D eigenvalue weighted by Crippen LogP contribution is -2.67. The molecule has 5 nitrogen and oxygen atoms in total. The Morgan fingerprint density at radius 1 is 0.974 bits per heavy atom. The number of benzene rings is 3. The molecule has 1 fully saturated rings. The van der Waals surface area contributed by atoms with Crippen LogP contribution < -0.4 is 0 Å². The van der Waals surface area contributed by atoms with Gasteiger partial charge in [0.05, 0.1) is 11.3 Å². The zero-order valence-electron chi connectivity index (χ0n) is 21.7. The summed E-state index contributed by atoms with van der Waals surface area (Å²) in [6, 6.07) is 21.1. The van der Waals surface area contributed by atoms with Crippen molar-refractivity contribution in [2.45, 2.75) is 44.4 Å². The molecule has 2 amide bonds. The molecule has 0 spiro atoms. The molecule has 1 N–H and O–H groups in total. The van der Waals surface area contributed by atoms with Crippen molar-refractivity contribution in [2.75, 3.05) is 13.1 Å². The first kappa shape index (κ1) is 25.2. The zero-order chi connectivity index (χ0) is 27.5. The van der Waals surface area contributed by atoms with E-state index in [0.29, 0.717) is 17.8 Å². The van der Waals surface area contributed by atoms with E-state index < -0.39 is 17.3 Å². The maximum absolute atomic E-state index is 14.2. The second-order valence-corrected chi connectivity index (χ2v) is 10.5. The highest BCUT2D eigenvalue weighted by molar-refractivity contribution is 6.01. The van der Waals surface area contributed by atoms with E-state index in [1.807, 2.05) is 24.3 Å². The van der Waals surface area contributed by atoms with Crippen molar-refractivity contribution < 1.29 is 22.8 Å². The van der Waals surface area contributed by atoms with Crippen LogP contribution in [0, 0.1) is 0 Å². The highest BCUT2D eigenvalue weighted by Crippen LogP contribution is 2.48. The molecule has 3 aromatic carbocycles. The maximum Gasteiger partial charge on any atom is 0.416 e. The number of hydrogen-bond acceptors (Lipinski definition) is 2. The van der Waals surface area contributed by atoms with Gasteiger partial charge in [0, 0.05) is 29.9 Å². The molecule has 0 aliphatic carbocycles. The fraction of sp³-hybridized carbons (Fsp3) is 0.290. The van der Waals surface area contributed by atoms with Crippen LogP contribution in [0.3, 0.4) is 0 Å². The van der Waals surface area contributed by atoms with Crippen LogP contribution in [0.1, 0.15) is 53.3 Å². The SMILES string of the molecule is CCc1ccc(C2CN3C(=O)CN(Cc4cccc(C(F)(F)F)c4)C(=O)[C@]3(C)c3[nH]c4ccccc4c32)cc1. The predicted octanol–water partition coefficient (Wildman–Crippen LogP) is 5.98. The summed E-state index contributed by atoms with van der Waals surface area (Å²) in [7, 11) is 0. The van der Waals surface area contributed by atoms with Gasteiger partial charge in [0.2, 0.25) is 5.91 Å². The Morgan fingerprint density at radius 2 is 1.72 bits per heavy atom. The fourth-order valence-electron chi connectivity index (χ4n) is 6.15. The van der Waals surface area contributed by atoms with Crippen molar-refractivity contribution >= 4 is 22.7 Å². The number of carbonyl (C=O) groups is 2. The van der Waals surface area contributed by atoms with E-state index in [4.69, 9.17) is 0 Å². The first-order chi connectivity index (χ1) is 18.6. The lowest BCUT2D eigenvalue weighted by Gasteiger charge is -2.51. The maximum atomic E-state index is 14.2. The fourth-order valence-corrected chi connectivity index (χ4v) is 6.15. The third kappa shape index (κ3) is 4.01. The van der Waals surface area contributed by atoms with Crippen molar-refractivity contribution in [3.8, 4) is 0 Å².